The lowest BCUT2D eigenvalue weighted by molar-refractivity contribution is -0.118. The highest BCUT2D eigenvalue weighted by atomic mass is 32.1. The van der Waals surface area contributed by atoms with Gasteiger partial charge in [0.25, 0.3) is 0 Å². The molecule has 0 aromatic carbocycles. The second kappa shape index (κ2) is 5.88. The quantitative estimate of drug-likeness (QED) is 0.517. The molecular weight excluding hydrogens is 276 g/mol. The molecule has 0 saturated heterocycles. The van der Waals surface area contributed by atoms with Gasteiger partial charge < -0.3 is 10.5 Å². The van der Waals surface area contributed by atoms with Crippen LogP contribution in [0.4, 0.5) is 0 Å². The van der Waals surface area contributed by atoms with Crippen LogP contribution in [0.15, 0.2) is 17.3 Å². The van der Waals surface area contributed by atoms with Crippen molar-refractivity contribution in [2.75, 3.05) is 6.61 Å². The van der Waals surface area contributed by atoms with Crippen molar-refractivity contribution in [3.8, 4) is 6.07 Å². The van der Waals surface area contributed by atoms with Crippen molar-refractivity contribution >= 4 is 23.1 Å². The maximum atomic E-state index is 11.8. The number of Topliss-reactive ketones (excluding diaryl/α,β-unsaturated/α-hetero) is 1. The van der Waals surface area contributed by atoms with Gasteiger partial charge in [-0.1, -0.05) is 0 Å². The van der Waals surface area contributed by atoms with Crippen molar-refractivity contribution < 1.29 is 14.3 Å². The topological polar surface area (TPSA) is 93.2 Å². The summed E-state index contributed by atoms with van der Waals surface area (Å²) in [5, 5.41) is 8.78. The van der Waals surface area contributed by atoms with Crippen molar-refractivity contribution in [2.24, 2.45) is 5.73 Å². The highest BCUT2D eigenvalue weighted by molar-refractivity contribution is 7.14. The summed E-state index contributed by atoms with van der Waals surface area (Å²) in [6, 6.07) is 3.54. The van der Waals surface area contributed by atoms with Crippen LogP contribution in [0, 0.1) is 11.3 Å². The van der Waals surface area contributed by atoms with Crippen LogP contribution in [0.5, 0.6) is 0 Å². The molecule has 0 aliphatic heterocycles. The molecule has 0 bridgehead atoms. The second-order valence-corrected chi connectivity index (χ2v) is 5.72. The van der Waals surface area contributed by atoms with Gasteiger partial charge in [-0.15, -0.1) is 11.3 Å². The predicted octanol–water partition coefficient (Wildman–Crippen LogP) is 1.72. The van der Waals surface area contributed by atoms with Crippen LogP contribution in [0.1, 0.15) is 33.5 Å². The Morgan fingerprint density at radius 3 is 2.85 bits per heavy atom. The summed E-state index contributed by atoms with van der Waals surface area (Å²) in [5.74, 6) is -1.10. The van der Waals surface area contributed by atoms with Crippen molar-refractivity contribution in [3.63, 3.8) is 0 Å². The molecule has 0 atom stereocenters. The van der Waals surface area contributed by atoms with Crippen molar-refractivity contribution in [1.29, 1.82) is 5.26 Å². The Bertz CT molecular complexity index is 612. The summed E-state index contributed by atoms with van der Waals surface area (Å²) >= 11 is 1.41. The molecule has 0 saturated carbocycles. The van der Waals surface area contributed by atoms with E-state index in [1.165, 1.54) is 28.7 Å². The molecule has 1 aromatic heterocycles. The molecule has 1 aliphatic carbocycles. The average Bonchev–Trinajstić information content (AvgIpc) is 2.96. The van der Waals surface area contributed by atoms with Crippen LogP contribution in [-0.2, 0) is 22.4 Å². The second-order valence-electron chi connectivity index (χ2n) is 4.58. The molecule has 0 amide bonds. The highest BCUT2D eigenvalue weighted by Crippen LogP contribution is 2.30. The monoisotopic (exact) mass is 290 g/mol. The Morgan fingerprint density at radius 2 is 2.25 bits per heavy atom. The summed E-state index contributed by atoms with van der Waals surface area (Å²) < 4.78 is 4.94. The van der Waals surface area contributed by atoms with Gasteiger partial charge in [-0.3, -0.25) is 4.79 Å². The van der Waals surface area contributed by atoms with Crippen LogP contribution < -0.4 is 5.73 Å². The molecule has 0 spiro atoms. The Balaban J connectivity index is 1.97. The molecule has 0 unspecified atom stereocenters. The molecule has 0 radical (unpaired) electrons. The van der Waals surface area contributed by atoms with Gasteiger partial charge in [0.05, 0.1) is 0 Å². The number of ketones is 1. The molecule has 104 valence electrons. The van der Waals surface area contributed by atoms with E-state index in [1.54, 1.807) is 6.07 Å². The third kappa shape index (κ3) is 2.89. The Morgan fingerprint density at radius 1 is 1.50 bits per heavy atom. The largest absolute Gasteiger partial charge is 0.453 e. The third-order valence-corrected chi connectivity index (χ3v) is 4.28. The Hall–Kier alpha value is -2.13. The van der Waals surface area contributed by atoms with Gasteiger partial charge in [-0.25, -0.2) is 4.79 Å². The smallest absolute Gasteiger partial charge is 0.348 e. The lowest BCUT2D eigenvalue weighted by Gasteiger charge is -2.03. The number of fused-ring (bicyclic) bond motifs is 1. The lowest BCUT2D eigenvalue weighted by atomic mass is 10.1. The standard InChI is InChI=1S/C14H14N2O3S/c1-8(16)10(6-15)11(17)7-19-14(18)13-5-9-3-2-4-12(9)20-13/h5H,2-4,7,16H2,1H3. The van der Waals surface area contributed by atoms with Gasteiger partial charge in [-0.05, 0) is 37.8 Å². The van der Waals surface area contributed by atoms with Crippen LogP contribution in [0.3, 0.4) is 0 Å². The summed E-state index contributed by atoms with van der Waals surface area (Å²) in [7, 11) is 0. The van der Waals surface area contributed by atoms with Crippen LogP contribution in [-0.4, -0.2) is 18.4 Å². The number of ether oxygens (including phenoxy) is 1. The summed E-state index contributed by atoms with van der Waals surface area (Å²) in [6.07, 6.45) is 3.12. The molecule has 1 aromatic rings. The number of hydrogen-bond donors (Lipinski definition) is 1. The maximum Gasteiger partial charge on any atom is 0.348 e. The molecule has 20 heavy (non-hydrogen) atoms. The summed E-state index contributed by atoms with van der Waals surface area (Å²) in [6.45, 7) is 1.00. The minimum atomic E-state index is -0.579. The first-order chi connectivity index (χ1) is 9.52. The number of nitrogens with two attached hydrogens (primary N) is 1. The number of hydrogen-bond acceptors (Lipinski definition) is 6. The molecule has 6 heteroatoms. The van der Waals surface area contributed by atoms with E-state index in [0.717, 1.165) is 19.3 Å². The van der Waals surface area contributed by atoms with Crippen molar-refractivity contribution in [1.82, 2.24) is 0 Å². The van der Waals surface area contributed by atoms with Crippen LogP contribution in [0.25, 0.3) is 0 Å². The average molecular weight is 290 g/mol. The summed E-state index contributed by atoms with van der Waals surface area (Å²) in [4.78, 5) is 25.2. The minimum Gasteiger partial charge on any atom is -0.453 e. The molecule has 0 fully saturated rings. The zero-order valence-corrected chi connectivity index (χ0v) is 11.9. The molecule has 2 N–H and O–H groups in total. The maximum absolute atomic E-state index is 11.8. The SMILES string of the molecule is CC(N)=C(C#N)C(=O)COC(=O)c1cc2c(s1)CCC2. The number of esters is 1. The van der Waals surface area contributed by atoms with Crippen LogP contribution in [0.2, 0.25) is 0 Å². The fourth-order valence-corrected chi connectivity index (χ4v) is 3.22. The van der Waals surface area contributed by atoms with Crippen molar-refractivity contribution in [3.05, 3.63) is 32.7 Å². The molecule has 1 aliphatic rings. The van der Waals surface area contributed by atoms with E-state index in [-0.39, 0.29) is 11.3 Å². The lowest BCUT2D eigenvalue weighted by Crippen LogP contribution is -2.17. The Kier molecular flexibility index (Phi) is 4.20. The minimum absolute atomic E-state index is 0.128. The fraction of sp³-hybridized carbons (Fsp3) is 0.357. The van der Waals surface area contributed by atoms with E-state index >= 15 is 0 Å². The Labute approximate surface area is 120 Å². The zero-order chi connectivity index (χ0) is 14.7. The number of thiophene rings is 1. The predicted molar refractivity (Wildman–Crippen MR) is 74.1 cm³/mol. The van der Waals surface area contributed by atoms with E-state index in [4.69, 9.17) is 15.7 Å². The number of allylic oxidation sites excluding steroid dienone is 1. The van der Waals surface area contributed by atoms with Gasteiger partial charge >= 0.3 is 5.97 Å². The number of rotatable bonds is 4. The third-order valence-electron chi connectivity index (χ3n) is 3.07. The summed E-state index contributed by atoms with van der Waals surface area (Å²) in [5.41, 5.74) is 6.58. The molecule has 2 rings (SSSR count). The van der Waals surface area contributed by atoms with E-state index in [2.05, 4.69) is 0 Å². The number of nitrogens with zero attached hydrogens (tertiary/aromatic N) is 1. The first-order valence-corrected chi connectivity index (χ1v) is 7.03. The fourth-order valence-electron chi connectivity index (χ4n) is 2.07. The first kappa shape index (κ1) is 14.3. The number of carbonyl (C=O) groups is 2. The van der Waals surface area contributed by atoms with Gasteiger partial charge in [-0.2, -0.15) is 5.26 Å². The zero-order valence-electron chi connectivity index (χ0n) is 11.1. The molecule has 1 heterocycles. The molecule has 5 nitrogen and oxygen atoms in total. The molecular formula is C14H14N2O3S. The number of carbonyl (C=O) groups excluding carboxylic acids is 2. The van der Waals surface area contributed by atoms with E-state index in [0.29, 0.717) is 4.88 Å². The van der Waals surface area contributed by atoms with Gasteiger partial charge in [0.1, 0.15) is 16.5 Å². The van der Waals surface area contributed by atoms with E-state index < -0.39 is 18.4 Å². The van der Waals surface area contributed by atoms with Gasteiger partial charge in [0, 0.05) is 10.6 Å². The highest BCUT2D eigenvalue weighted by Gasteiger charge is 2.20. The number of nitriles is 1. The first-order valence-electron chi connectivity index (χ1n) is 6.21. The normalized spacial score (nSPS) is 14.2. The van der Waals surface area contributed by atoms with Crippen molar-refractivity contribution in [2.45, 2.75) is 26.2 Å². The van der Waals surface area contributed by atoms with Gasteiger partial charge in [0.2, 0.25) is 5.78 Å². The van der Waals surface area contributed by atoms with E-state index in [9.17, 15) is 9.59 Å². The van der Waals surface area contributed by atoms with E-state index in [1.807, 2.05) is 6.07 Å². The van der Waals surface area contributed by atoms with Gasteiger partial charge in [0.15, 0.2) is 6.61 Å². The number of aryl methyl sites for hydroxylation is 2. The van der Waals surface area contributed by atoms with Crippen LogP contribution >= 0.6 is 11.3 Å².